The van der Waals surface area contributed by atoms with E-state index in [9.17, 15) is 8.78 Å². The summed E-state index contributed by atoms with van der Waals surface area (Å²) in [6, 6.07) is 0. The summed E-state index contributed by atoms with van der Waals surface area (Å²) in [5.41, 5.74) is 0. The normalized spacial score (nSPS) is 36.1. The van der Waals surface area contributed by atoms with Crippen LogP contribution in [0.5, 0.6) is 0 Å². The maximum Gasteiger partial charge on any atom is 0.121 e. The van der Waals surface area contributed by atoms with E-state index in [1.54, 1.807) is 0 Å². The Labute approximate surface area is 53.6 Å². The summed E-state index contributed by atoms with van der Waals surface area (Å²) in [5, 5.41) is 0. The van der Waals surface area contributed by atoms with Crippen molar-refractivity contribution in [1.29, 1.82) is 0 Å². The molecule has 52 valence electrons. The highest BCUT2D eigenvalue weighted by Crippen LogP contribution is 2.25. The minimum absolute atomic E-state index is 0.171. The quantitative estimate of drug-likeness (QED) is 0.475. The van der Waals surface area contributed by atoms with Crippen LogP contribution in [0.1, 0.15) is 19.8 Å². The first-order chi connectivity index (χ1) is 4.18. The van der Waals surface area contributed by atoms with Crippen molar-refractivity contribution in [3.63, 3.8) is 0 Å². The molecule has 0 aliphatic heterocycles. The SMILES string of the molecule is CC1CC(F)=CC(F)C1. The van der Waals surface area contributed by atoms with E-state index in [-0.39, 0.29) is 11.7 Å². The number of halogens is 2. The van der Waals surface area contributed by atoms with Gasteiger partial charge in [-0.1, -0.05) is 6.92 Å². The monoisotopic (exact) mass is 132 g/mol. The lowest BCUT2D eigenvalue weighted by atomic mass is 9.94. The van der Waals surface area contributed by atoms with Gasteiger partial charge in [0.15, 0.2) is 0 Å². The van der Waals surface area contributed by atoms with Crippen LogP contribution in [0.25, 0.3) is 0 Å². The Bertz CT molecular complexity index is 129. The molecule has 0 heterocycles. The van der Waals surface area contributed by atoms with E-state index in [0.717, 1.165) is 6.08 Å². The van der Waals surface area contributed by atoms with Crippen LogP contribution >= 0.6 is 0 Å². The number of hydrogen-bond donors (Lipinski definition) is 0. The summed E-state index contributed by atoms with van der Waals surface area (Å²) in [5.74, 6) is -0.119. The van der Waals surface area contributed by atoms with E-state index in [4.69, 9.17) is 0 Å². The minimum atomic E-state index is -1.05. The number of rotatable bonds is 0. The van der Waals surface area contributed by atoms with Gasteiger partial charge in [-0.25, -0.2) is 8.78 Å². The van der Waals surface area contributed by atoms with E-state index in [2.05, 4.69) is 0 Å². The minimum Gasteiger partial charge on any atom is -0.243 e. The van der Waals surface area contributed by atoms with Gasteiger partial charge in [0.05, 0.1) is 5.83 Å². The highest BCUT2D eigenvalue weighted by atomic mass is 19.1. The highest BCUT2D eigenvalue weighted by Gasteiger charge is 2.17. The van der Waals surface area contributed by atoms with Crippen molar-refractivity contribution < 1.29 is 8.78 Å². The van der Waals surface area contributed by atoms with Gasteiger partial charge in [-0.3, -0.25) is 0 Å². The van der Waals surface area contributed by atoms with Gasteiger partial charge in [-0.15, -0.1) is 0 Å². The maximum absolute atomic E-state index is 12.4. The van der Waals surface area contributed by atoms with E-state index in [1.807, 2.05) is 6.92 Å². The Balaban J connectivity index is 2.56. The Kier molecular flexibility index (Phi) is 1.84. The van der Waals surface area contributed by atoms with E-state index in [0.29, 0.717) is 12.8 Å². The van der Waals surface area contributed by atoms with E-state index in [1.165, 1.54) is 0 Å². The van der Waals surface area contributed by atoms with Crippen molar-refractivity contribution in [2.45, 2.75) is 25.9 Å². The third-order valence-corrected chi connectivity index (χ3v) is 1.53. The second-order valence-corrected chi connectivity index (χ2v) is 2.67. The second kappa shape index (κ2) is 2.46. The molecule has 0 amide bonds. The van der Waals surface area contributed by atoms with Crippen molar-refractivity contribution in [2.75, 3.05) is 0 Å². The molecule has 0 radical (unpaired) electrons. The zero-order valence-electron chi connectivity index (χ0n) is 5.40. The van der Waals surface area contributed by atoms with Crippen LogP contribution in [0.2, 0.25) is 0 Å². The van der Waals surface area contributed by atoms with Crippen molar-refractivity contribution in [3.8, 4) is 0 Å². The van der Waals surface area contributed by atoms with Crippen LogP contribution in [0, 0.1) is 5.92 Å². The van der Waals surface area contributed by atoms with Crippen molar-refractivity contribution in [2.24, 2.45) is 5.92 Å². The lowest BCUT2D eigenvalue weighted by Crippen LogP contribution is -2.10. The molecule has 0 spiro atoms. The Morgan fingerprint density at radius 3 is 2.78 bits per heavy atom. The van der Waals surface area contributed by atoms with Crippen molar-refractivity contribution in [1.82, 2.24) is 0 Å². The predicted octanol–water partition coefficient (Wildman–Crippen LogP) is 2.61. The average molecular weight is 132 g/mol. The van der Waals surface area contributed by atoms with Crippen molar-refractivity contribution in [3.05, 3.63) is 11.9 Å². The summed E-state index contributed by atoms with van der Waals surface area (Å²) < 4.78 is 24.7. The fourth-order valence-corrected chi connectivity index (χ4v) is 1.13. The van der Waals surface area contributed by atoms with Crippen LogP contribution in [-0.2, 0) is 0 Å². The average Bonchev–Trinajstić information content (AvgIpc) is 1.59. The van der Waals surface area contributed by atoms with Gasteiger partial charge in [-0.05, 0) is 18.4 Å². The van der Waals surface area contributed by atoms with Gasteiger partial charge < -0.3 is 0 Å². The van der Waals surface area contributed by atoms with Gasteiger partial charge in [0.2, 0.25) is 0 Å². The number of allylic oxidation sites excluding steroid dienone is 2. The Morgan fingerprint density at radius 2 is 2.33 bits per heavy atom. The van der Waals surface area contributed by atoms with Crippen LogP contribution < -0.4 is 0 Å². The lowest BCUT2D eigenvalue weighted by molar-refractivity contribution is 0.290. The van der Waals surface area contributed by atoms with E-state index >= 15 is 0 Å². The van der Waals surface area contributed by atoms with Crippen molar-refractivity contribution >= 4 is 0 Å². The predicted molar refractivity (Wildman–Crippen MR) is 32.5 cm³/mol. The molecular formula is C7H10F2. The topological polar surface area (TPSA) is 0 Å². The summed E-state index contributed by atoms with van der Waals surface area (Å²) in [4.78, 5) is 0. The van der Waals surface area contributed by atoms with Crippen LogP contribution in [0.15, 0.2) is 11.9 Å². The Hall–Kier alpha value is -0.400. The molecule has 1 aliphatic rings. The van der Waals surface area contributed by atoms with Crippen LogP contribution in [-0.4, -0.2) is 6.17 Å². The molecule has 9 heavy (non-hydrogen) atoms. The molecule has 2 atom stereocenters. The molecule has 0 bridgehead atoms. The van der Waals surface area contributed by atoms with Crippen LogP contribution in [0.3, 0.4) is 0 Å². The molecule has 0 nitrogen and oxygen atoms in total. The van der Waals surface area contributed by atoms with Gasteiger partial charge in [0.1, 0.15) is 6.17 Å². The molecule has 2 unspecified atom stereocenters. The molecule has 0 fully saturated rings. The second-order valence-electron chi connectivity index (χ2n) is 2.67. The third-order valence-electron chi connectivity index (χ3n) is 1.53. The zero-order valence-corrected chi connectivity index (χ0v) is 5.40. The molecule has 0 aromatic heterocycles. The third kappa shape index (κ3) is 1.77. The summed E-state index contributed by atoms with van der Waals surface area (Å²) in [6.45, 7) is 1.86. The molecule has 2 heteroatoms. The number of hydrogen-bond acceptors (Lipinski definition) is 0. The molecule has 0 aromatic rings. The van der Waals surface area contributed by atoms with Gasteiger partial charge in [-0.2, -0.15) is 0 Å². The fourth-order valence-electron chi connectivity index (χ4n) is 1.13. The van der Waals surface area contributed by atoms with Crippen LogP contribution in [0.4, 0.5) is 8.78 Å². The van der Waals surface area contributed by atoms with Gasteiger partial charge >= 0.3 is 0 Å². The molecule has 0 aromatic carbocycles. The molecule has 0 saturated heterocycles. The first-order valence-electron chi connectivity index (χ1n) is 3.18. The standard InChI is InChI=1S/C7H10F2/c1-5-2-6(8)4-7(9)3-5/h4-6H,2-3H2,1H3. The van der Waals surface area contributed by atoms with Gasteiger partial charge in [0.25, 0.3) is 0 Å². The molecule has 0 saturated carbocycles. The zero-order chi connectivity index (χ0) is 6.85. The summed E-state index contributed by atoms with van der Waals surface area (Å²) in [7, 11) is 0. The van der Waals surface area contributed by atoms with E-state index < -0.39 is 6.17 Å². The lowest BCUT2D eigenvalue weighted by Gasteiger charge is -2.16. The fraction of sp³-hybridized carbons (Fsp3) is 0.714. The largest absolute Gasteiger partial charge is 0.243 e. The molecular weight excluding hydrogens is 122 g/mol. The summed E-state index contributed by atoms with van der Waals surface area (Å²) >= 11 is 0. The molecule has 1 aliphatic carbocycles. The first kappa shape index (κ1) is 6.72. The highest BCUT2D eigenvalue weighted by molar-refractivity contribution is 5.02. The van der Waals surface area contributed by atoms with Gasteiger partial charge in [0, 0.05) is 6.42 Å². The molecule has 1 rings (SSSR count). The summed E-state index contributed by atoms with van der Waals surface area (Å²) in [6.07, 6.45) is 0.919. The number of alkyl halides is 1. The maximum atomic E-state index is 12.4. The Morgan fingerprint density at radius 1 is 1.67 bits per heavy atom. The molecule has 0 N–H and O–H groups in total. The smallest absolute Gasteiger partial charge is 0.121 e. The first-order valence-corrected chi connectivity index (χ1v) is 3.18.